The number of imidazole rings is 1. The van der Waals surface area contributed by atoms with Crippen LogP contribution < -0.4 is 0 Å². The van der Waals surface area contributed by atoms with Gasteiger partial charge >= 0.3 is 6.18 Å². The van der Waals surface area contributed by atoms with Gasteiger partial charge in [0.25, 0.3) is 0 Å². The molecule has 0 spiro atoms. The first-order valence-corrected chi connectivity index (χ1v) is 7.31. The van der Waals surface area contributed by atoms with Gasteiger partial charge in [0.15, 0.2) is 0 Å². The molecule has 23 heavy (non-hydrogen) atoms. The summed E-state index contributed by atoms with van der Waals surface area (Å²) in [5.41, 5.74) is 0.494. The molecule has 0 bridgehead atoms. The van der Waals surface area contributed by atoms with Gasteiger partial charge in [-0.3, -0.25) is 4.79 Å². The standard InChI is InChI=1S/C15H16F3N3O2/c16-15(17,18)14-19-11-3-1-2-4-12(11)21(14)8-13(23)20-6-5-10(7-20)9-22/h1-4,10,22H,5-9H2. The van der Waals surface area contributed by atoms with Crippen molar-refractivity contribution in [3.63, 3.8) is 0 Å². The highest BCUT2D eigenvalue weighted by atomic mass is 19.4. The van der Waals surface area contributed by atoms with E-state index in [9.17, 15) is 18.0 Å². The van der Waals surface area contributed by atoms with Crippen molar-refractivity contribution in [2.75, 3.05) is 19.7 Å². The zero-order valence-electron chi connectivity index (χ0n) is 12.3. The van der Waals surface area contributed by atoms with Crippen LogP contribution in [0.15, 0.2) is 24.3 Å². The highest BCUT2D eigenvalue weighted by Crippen LogP contribution is 2.31. The van der Waals surface area contributed by atoms with Crippen molar-refractivity contribution in [2.45, 2.75) is 19.1 Å². The Morgan fingerprint density at radius 3 is 2.74 bits per heavy atom. The van der Waals surface area contributed by atoms with E-state index in [4.69, 9.17) is 5.11 Å². The van der Waals surface area contributed by atoms with Crippen molar-refractivity contribution in [3.8, 4) is 0 Å². The first-order valence-electron chi connectivity index (χ1n) is 7.31. The lowest BCUT2D eigenvalue weighted by Gasteiger charge is -2.18. The third-order valence-electron chi connectivity index (χ3n) is 4.10. The fourth-order valence-corrected chi connectivity index (χ4v) is 2.90. The SMILES string of the molecule is O=C(Cn1c(C(F)(F)F)nc2ccccc21)N1CCC(CO)C1. The van der Waals surface area contributed by atoms with Gasteiger partial charge in [0.05, 0.1) is 11.0 Å². The molecule has 8 heteroatoms. The Bertz CT molecular complexity index is 726. The topological polar surface area (TPSA) is 58.4 Å². The molecule has 1 amide bonds. The second kappa shape index (κ2) is 5.84. The molecule has 1 fully saturated rings. The number of carbonyl (C=O) groups excluding carboxylic acids is 1. The van der Waals surface area contributed by atoms with Gasteiger partial charge in [-0.1, -0.05) is 12.1 Å². The summed E-state index contributed by atoms with van der Waals surface area (Å²) >= 11 is 0. The quantitative estimate of drug-likeness (QED) is 0.937. The van der Waals surface area contributed by atoms with Crippen molar-refractivity contribution < 1.29 is 23.1 Å². The summed E-state index contributed by atoms with van der Waals surface area (Å²) in [5.74, 6) is -1.46. The fraction of sp³-hybridized carbons (Fsp3) is 0.467. The average Bonchev–Trinajstić information content (AvgIpc) is 3.12. The molecule has 0 saturated carbocycles. The third kappa shape index (κ3) is 3.03. The van der Waals surface area contributed by atoms with Gasteiger partial charge in [0.1, 0.15) is 6.54 Å². The van der Waals surface area contributed by atoms with Crippen molar-refractivity contribution in [1.29, 1.82) is 0 Å². The largest absolute Gasteiger partial charge is 0.449 e. The Kier molecular flexibility index (Phi) is 4.01. The van der Waals surface area contributed by atoms with Crippen molar-refractivity contribution in [3.05, 3.63) is 30.1 Å². The van der Waals surface area contributed by atoms with E-state index >= 15 is 0 Å². The monoisotopic (exact) mass is 327 g/mol. The first kappa shape index (κ1) is 15.8. The zero-order chi connectivity index (χ0) is 16.6. The van der Waals surface area contributed by atoms with Crippen LogP contribution in [0, 0.1) is 5.92 Å². The number of benzene rings is 1. The average molecular weight is 327 g/mol. The Morgan fingerprint density at radius 2 is 2.09 bits per heavy atom. The first-order chi connectivity index (χ1) is 10.9. The Morgan fingerprint density at radius 1 is 1.35 bits per heavy atom. The summed E-state index contributed by atoms with van der Waals surface area (Å²) in [6.45, 7) is 0.403. The Balaban J connectivity index is 1.91. The second-order valence-corrected chi connectivity index (χ2v) is 5.69. The number of rotatable bonds is 3. The van der Waals surface area contributed by atoms with Crippen LogP contribution in [0.5, 0.6) is 0 Å². The molecule has 1 N–H and O–H groups in total. The number of amides is 1. The van der Waals surface area contributed by atoms with Crippen LogP contribution in [0.4, 0.5) is 13.2 Å². The third-order valence-corrected chi connectivity index (χ3v) is 4.10. The van der Waals surface area contributed by atoms with E-state index < -0.39 is 24.5 Å². The predicted octanol–water partition coefficient (Wildman–Crippen LogP) is 1.90. The van der Waals surface area contributed by atoms with E-state index in [2.05, 4.69) is 4.98 Å². The maximum atomic E-state index is 13.2. The van der Waals surface area contributed by atoms with E-state index in [1.54, 1.807) is 12.1 Å². The molecule has 1 saturated heterocycles. The van der Waals surface area contributed by atoms with E-state index in [0.717, 1.165) is 4.57 Å². The van der Waals surface area contributed by atoms with Gasteiger partial charge in [-0.2, -0.15) is 13.2 Å². The number of alkyl halides is 3. The number of halogens is 3. The number of carbonyl (C=O) groups is 1. The van der Waals surface area contributed by atoms with Crippen LogP contribution in [0.3, 0.4) is 0 Å². The van der Waals surface area contributed by atoms with Gasteiger partial charge in [-0.05, 0) is 18.6 Å². The summed E-state index contributed by atoms with van der Waals surface area (Å²) in [5, 5.41) is 9.11. The number of likely N-dealkylation sites (tertiary alicyclic amines) is 1. The van der Waals surface area contributed by atoms with Crippen LogP contribution in [0.2, 0.25) is 0 Å². The summed E-state index contributed by atoms with van der Waals surface area (Å²) in [6, 6.07) is 6.23. The number of hydrogen-bond donors (Lipinski definition) is 1. The molecule has 1 unspecified atom stereocenters. The van der Waals surface area contributed by atoms with Gasteiger partial charge < -0.3 is 14.6 Å². The number of aliphatic hydroxyl groups excluding tert-OH is 1. The molecule has 3 rings (SSSR count). The summed E-state index contributed by atoms with van der Waals surface area (Å²) in [6.07, 6.45) is -3.96. The summed E-state index contributed by atoms with van der Waals surface area (Å²) in [7, 11) is 0. The van der Waals surface area contributed by atoms with Crippen LogP contribution >= 0.6 is 0 Å². The highest BCUT2D eigenvalue weighted by Gasteiger charge is 2.38. The molecular formula is C15H16F3N3O2. The van der Waals surface area contributed by atoms with E-state index in [1.807, 2.05) is 0 Å². The lowest BCUT2D eigenvalue weighted by atomic mass is 10.1. The predicted molar refractivity (Wildman–Crippen MR) is 76.5 cm³/mol. The number of aliphatic hydroxyl groups is 1. The molecule has 5 nitrogen and oxygen atoms in total. The highest BCUT2D eigenvalue weighted by molar-refractivity contribution is 5.81. The molecular weight excluding hydrogens is 311 g/mol. The molecule has 1 aliphatic heterocycles. The molecule has 2 heterocycles. The molecule has 0 aliphatic carbocycles. The van der Waals surface area contributed by atoms with Crippen LogP contribution in [-0.4, -0.2) is 45.2 Å². The minimum Gasteiger partial charge on any atom is -0.396 e. The maximum absolute atomic E-state index is 13.2. The number of fused-ring (bicyclic) bond motifs is 1. The molecule has 2 aromatic rings. The normalized spacial score (nSPS) is 18.8. The van der Waals surface area contributed by atoms with Gasteiger partial charge in [0.2, 0.25) is 11.7 Å². The molecule has 1 aromatic carbocycles. The molecule has 124 valence electrons. The summed E-state index contributed by atoms with van der Waals surface area (Å²) < 4.78 is 40.5. The van der Waals surface area contributed by atoms with Gasteiger partial charge in [-0.15, -0.1) is 0 Å². The van der Waals surface area contributed by atoms with Gasteiger partial charge in [-0.25, -0.2) is 4.98 Å². The molecule has 0 radical (unpaired) electrons. The van der Waals surface area contributed by atoms with E-state index in [-0.39, 0.29) is 23.6 Å². The number of nitrogens with zero attached hydrogens (tertiary/aromatic N) is 3. The van der Waals surface area contributed by atoms with Crippen LogP contribution in [0.25, 0.3) is 11.0 Å². The fourth-order valence-electron chi connectivity index (χ4n) is 2.90. The molecule has 1 aliphatic rings. The van der Waals surface area contributed by atoms with Crippen LogP contribution in [0.1, 0.15) is 12.2 Å². The molecule has 1 aromatic heterocycles. The smallest absolute Gasteiger partial charge is 0.396 e. The minimum absolute atomic E-state index is 0.000526. The van der Waals surface area contributed by atoms with Gasteiger partial charge in [0, 0.05) is 25.6 Å². The molecule has 1 atom stereocenters. The maximum Gasteiger partial charge on any atom is 0.449 e. The lowest BCUT2D eigenvalue weighted by Crippen LogP contribution is -2.33. The van der Waals surface area contributed by atoms with E-state index in [1.165, 1.54) is 17.0 Å². The minimum atomic E-state index is -4.63. The number of hydrogen-bond acceptors (Lipinski definition) is 3. The lowest BCUT2D eigenvalue weighted by molar-refractivity contribution is -0.148. The number of aromatic nitrogens is 2. The van der Waals surface area contributed by atoms with Crippen LogP contribution in [-0.2, 0) is 17.5 Å². The van der Waals surface area contributed by atoms with Crippen molar-refractivity contribution >= 4 is 16.9 Å². The Labute approximate surface area is 130 Å². The van der Waals surface area contributed by atoms with E-state index in [0.29, 0.717) is 19.5 Å². The zero-order valence-corrected chi connectivity index (χ0v) is 12.3. The summed E-state index contributed by atoms with van der Waals surface area (Å²) in [4.78, 5) is 17.4. The second-order valence-electron chi connectivity index (χ2n) is 5.69. The van der Waals surface area contributed by atoms with Crippen molar-refractivity contribution in [1.82, 2.24) is 14.5 Å². The van der Waals surface area contributed by atoms with Crippen molar-refractivity contribution in [2.24, 2.45) is 5.92 Å². The number of para-hydroxylation sites is 2. The Hall–Kier alpha value is -2.09.